The summed E-state index contributed by atoms with van der Waals surface area (Å²) in [5.41, 5.74) is 0.754. The summed E-state index contributed by atoms with van der Waals surface area (Å²) in [6, 6.07) is 16.0. The Morgan fingerprint density at radius 3 is 2.55 bits per heavy atom. The first-order valence-corrected chi connectivity index (χ1v) is 6.09. The van der Waals surface area contributed by atoms with Gasteiger partial charge in [0.15, 0.2) is 5.75 Å². The predicted molar refractivity (Wildman–Crippen MR) is 75.2 cm³/mol. The average molecular weight is 265 g/mol. The first-order valence-electron chi connectivity index (χ1n) is 6.09. The largest absolute Gasteiger partial charge is 0.478 e. The highest BCUT2D eigenvalue weighted by Crippen LogP contribution is 2.29. The van der Waals surface area contributed by atoms with E-state index in [0.29, 0.717) is 22.4 Å². The smallest absolute Gasteiger partial charge is 0.336 e. The van der Waals surface area contributed by atoms with Gasteiger partial charge in [-0.15, -0.1) is 0 Å². The zero-order valence-electron chi connectivity index (χ0n) is 10.5. The first-order chi connectivity index (χ1) is 9.75. The van der Waals surface area contributed by atoms with Gasteiger partial charge in [-0.25, -0.2) is 4.79 Å². The van der Waals surface area contributed by atoms with Gasteiger partial charge in [-0.1, -0.05) is 30.3 Å². The lowest BCUT2D eigenvalue weighted by Crippen LogP contribution is -1.99. The lowest BCUT2D eigenvalue weighted by molar-refractivity contribution is 0.0699. The highest BCUT2D eigenvalue weighted by molar-refractivity contribution is 6.03. The summed E-state index contributed by atoms with van der Waals surface area (Å²) in [5.74, 6) is 0.244. The van der Waals surface area contributed by atoms with Crippen molar-refractivity contribution in [3.05, 3.63) is 66.4 Å². The average Bonchev–Trinajstić information content (AvgIpc) is 2.48. The Labute approximate surface area is 115 Å². The summed E-state index contributed by atoms with van der Waals surface area (Å²) < 4.78 is 5.77. The molecule has 98 valence electrons. The third kappa shape index (κ3) is 2.19. The summed E-state index contributed by atoms with van der Waals surface area (Å²) in [6.07, 6.45) is 1.48. The second kappa shape index (κ2) is 5.01. The molecule has 20 heavy (non-hydrogen) atoms. The summed E-state index contributed by atoms with van der Waals surface area (Å²) in [4.78, 5) is 15.4. The van der Waals surface area contributed by atoms with Gasteiger partial charge in [-0.2, -0.15) is 0 Å². The molecule has 4 heteroatoms. The highest BCUT2D eigenvalue weighted by Gasteiger charge is 2.12. The molecule has 3 aromatic rings. The number of ether oxygens (including phenoxy) is 1. The number of nitrogens with zero attached hydrogens (tertiary/aromatic N) is 1. The van der Waals surface area contributed by atoms with Crippen LogP contribution in [0, 0.1) is 0 Å². The van der Waals surface area contributed by atoms with Gasteiger partial charge in [0.1, 0.15) is 11.3 Å². The van der Waals surface area contributed by atoms with E-state index in [4.69, 9.17) is 4.74 Å². The van der Waals surface area contributed by atoms with Gasteiger partial charge in [0, 0.05) is 11.6 Å². The Kier molecular flexibility index (Phi) is 3.05. The van der Waals surface area contributed by atoms with E-state index in [0.717, 1.165) is 0 Å². The Morgan fingerprint density at radius 1 is 1.00 bits per heavy atom. The number of aromatic carboxylic acids is 1. The second-order valence-corrected chi connectivity index (χ2v) is 4.23. The van der Waals surface area contributed by atoms with Crippen molar-refractivity contribution in [3.63, 3.8) is 0 Å². The lowest BCUT2D eigenvalue weighted by Gasteiger charge is -2.09. The van der Waals surface area contributed by atoms with Gasteiger partial charge in [-0.3, -0.25) is 4.98 Å². The summed E-state index contributed by atoms with van der Waals surface area (Å²) in [7, 11) is 0. The van der Waals surface area contributed by atoms with Crippen LogP contribution in [0.3, 0.4) is 0 Å². The predicted octanol–water partition coefficient (Wildman–Crippen LogP) is 3.73. The standard InChI is InChI=1S/C16H11NO3/c18-16(19)13-9-10-17-15-12(13)7-4-8-14(15)20-11-5-2-1-3-6-11/h1-10H,(H,18,19). The van der Waals surface area contributed by atoms with E-state index in [1.54, 1.807) is 18.2 Å². The van der Waals surface area contributed by atoms with E-state index in [1.165, 1.54) is 12.3 Å². The Balaban J connectivity index is 2.13. The van der Waals surface area contributed by atoms with Crippen molar-refractivity contribution >= 4 is 16.9 Å². The minimum atomic E-state index is -0.978. The van der Waals surface area contributed by atoms with Gasteiger partial charge in [-0.05, 0) is 24.3 Å². The minimum absolute atomic E-state index is 0.216. The number of aromatic nitrogens is 1. The molecular weight excluding hydrogens is 254 g/mol. The van der Waals surface area contributed by atoms with Crippen LogP contribution in [0.25, 0.3) is 10.9 Å². The van der Waals surface area contributed by atoms with E-state index >= 15 is 0 Å². The van der Waals surface area contributed by atoms with Crippen molar-refractivity contribution in [2.75, 3.05) is 0 Å². The maximum atomic E-state index is 11.2. The normalized spacial score (nSPS) is 10.4. The molecule has 2 aromatic carbocycles. The van der Waals surface area contributed by atoms with E-state index in [1.807, 2.05) is 30.3 Å². The molecule has 0 saturated carbocycles. The number of fused-ring (bicyclic) bond motifs is 1. The lowest BCUT2D eigenvalue weighted by atomic mass is 10.1. The van der Waals surface area contributed by atoms with Crippen LogP contribution in [0.15, 0.2) is 60.8 Å². The Morgan fingerprint density at radius 2 is 1.80 bits per heavy atom. The van der Waals surface area contributed by atoms with E-state index in [-0.39, 0.29) is 5.56 Å². The van der Waals surface area contributed by atoms with Crippen LogP contribution in [0.4, 0.5) is 0 Å². The number of hydrogen-bond acceptors (Lipinski definition) is 3. The van der Waals surface area contributed by atoms with Crippen LogP contribution < -0.4 is 4.74 Å². The van der Waals surface area contributed by atoms with Crippen molar-refractivity contribution in [2.45, 2.75) is 0 Å². The molecule has 0 saturated heterocycles. The third-order valence-electron chi connectivity index (χ3n) is 2.94. The van der Waals surface area contributed by atoms with Crippen molar-refractivity contribution in [2.24, 2.45) is 0 Å². The quantitative estimate of drug-likeness (QED) is 0.784. The van der Waals surface area contributed by atoms with Gasteiger partial charge in [0.25, 0.3) is 0 Å². The molecule has 0 aliphatic carbocycles. The third-order valence-corrected chi connectivity index (χ3v) is 2.94. The molecule has 3 rings (SSSR count). The second-order valence-electron chi connectivity index (χ2n) is 4.23. The number of carboxylic acids is 1. The van der Waals surface area contributed by atoms with Crippen molar-refractivity contribution in [3.8, 4) is 11.5 Å². The van der Waals surface area contributed by atoms with Gasteiger partial charge >= 0.3 is 5.97 Å². The van der Waals surface area contributed by atoms with Crippen LogP contribution >= 0.6 is 0 Å². The zero-order chi connectivity index (χ0) is 13.9. The van der Waals surface area contributed by atoms with E-state index < -0.39 is 5.97 Å². The monoisotopic (exact) mass is 265 g/mol. The van der Waals surface area contributed by atoms with Crippen molar-refractivity contribution in [1.82, 2.24) is 4.98 Å². The van der Waals surface area contributed by atoms with Gasteiger partial charge in [0.05, 0.1) is 5.56 Å². The van der Waals surface area contributed by atoms with Crippen molar-refractivity contribution < 1.29 is 14.6 Å². The molecule has 0 radical (unpaired) electrons. The number of pyridine rings is 1. The fraction of sp³-hybridized carbons (Fsp3) is 0. The summed E-state index contributed by atoms with van der Waals surface area (Å²) in [6.45, 7) is 0. The molecule has 0 aliphatic rings. The van der Waals surface area contributed by atoms with Crippen LogP contribution in [-0.2, 0) is 0 Å². The summed E-state index contributed by atoms with van der Waals surface area (Å²) >= 11 is 0. The number of para-hydroxylation sites is 2. The Hall–Kier alpha value is -2.88. The van der Waals surface area contributed by atoms with Crippen LogP contribution in [0.1, 0.15) is 10.4 Å². The number of carboxylic acid groups (broad SMARTS) is 1. The molecule has 1 heterocycles. The molecule has 0 aliphatic heterocycles. The molecule has 0 unspecified atom stereocenters. The molecule has 0 atom stereocenters. The van der Waals surface area contributed by atoms with Crippen molar-refractivity contribution in [1.29, 1.82) is 0 Å². The maximum Gasteiger partial charge on any atom is 0.336 e. The number of carbonyl (C=O) groups is 1. The molecule has 1 aromatic heterocycles. The van der Waals surface area contributed by atoms with Crippen LogP contribution in [0.5, 0.6) is 11.5 Å². The summed E-state index contributed by atoms with van der Waals surface area (Å²) in [5, 5.41) is 9.76. The SMILES string of the molecule is O=C(O)c1ccnc2c(Oc3ccccc3)cccc12. The molecule has 1 N–H and O–H groups in total. The maximum absolute atomic E-state index is 11.2. The molecule has 0 bridgehead atoms. The fourth-order valence-corrected chi connectivity index (χ4v) is 2.03. The van der Waals surface area contributed by atoms with Crippen LogP contribution in [0.2, 0.25) is 0 Å². The van der Waals surface area contributed by atoms with Gasteiger partial charge in [0.2, 0.25) is 0 Å². The minimum Gasteiger partial charge on any atom is -0.478 e. The topological polar surface area (TPSA) is 59.4 Å². The molecule has 0 spiro atoms. The number of hydrogen-bond donors (Lipinski definition) is 1. The van der Waals surface area contributed by atoms with Crippen LogP contribution in [-0.4, -0.2) is 16.1 Å². The van der Waals surface area contributed by atoms with E-state index in [9.17, 15) is 9.90 Å². The molecular formula is C16H11NO3. The molecule has 4 nitrogen and oxygen atoms in total. The molecule has 0 amide bonds. The van der Waals surface area contributed by atoms with E-state index in [2.05, 4.69) is 4.98 Å². The fourth-order valence-electron chi connectivity index (χ4n) is 2.03. The zero-order valence-corrected chi connectivity index (χ0v) is 10.5. The number of benzene rings is 2. The van der Waals surface area contributed by atoms with Gasteiger partial charge < -0.3 is 9.84 Å². The molecule has 0 fully saturated rings. The number of rotatable bonds is 3. The Bertz CT molecular complexity index is 769. The first kappa shape index (κ1) is 12.2. The highest BCUT2D eigenvalue weighted by atomic mass is 16.5.